The van der Waals surface area contributed by atoms with Crippen molar-refractivity contribution in [3.8, 4) is 0 Å². The van der Waals surface area contributed by atoms with E-state index in [0.29, 0.717) is 29.6 Å². The zero-order chi connectivity index (χ0) is 26.8. The Morgan fingerprint density at radius 2 is 1.70 bits per heavy atom. The van der Waals surface area contributed by atoms with Crippen molar-refractivity contribution in [1.29, 1.82) is 0 Å². The highest BCUT2D eigenvalue weighted by Gasteiger charge is 2.77. The Kier molecular flexibility index (Phi) is 7.49. The van der Waals surface area contributed by atoms with Gasteiger partial charge in [0.2, 0.25) is 6.29 Å². The summed E-state index contributed by atoms with van der Waals surface area (Å²) in [6.45, 7) is 12.7. The Labute approximate surface area is 229 Å². The van der Waals surface area contributed by atoms with Crippen LogP contribution < -0.4 is 0 Å². The molecule has 0 aromatic heterocycles. The van der Waals surface area contributed by atoms with Crippen LogP contribution in [0, 0.1) is 46.3 Å². The van der Waals surface area contributed by atoms with Gasteiger partial charge in [0.15, 0.2) is 0 Å². The fraction of sp³-hybridized carbons (Fsp3) is 0.935. The van der Waals surface area contributed by atoms with E-state index in [0.717, 1.165) is 43.4 Å². The summed E-state index contributed by atoms with van der Waals surface area (Å²) in [4.78, 5) is 23.3. The average Bonchev–Trinajstić information content (AvgIpc) is 3.20. The smallest absolute Gasteiger partial charge is 0.304 e. The van der Waals surface area contributed by atoms with E-state index in [2.05, 4.69) is 27.7 Å². The van der Waals surface area contributed by atoms with Gasteiger partial charge in [-0.1, -0.05) is 47.0 Å². The number of hydrogen-bond acceptors (Lipinski definition) is 5. The van der Waals surface area contributed by atoms with Crippen molar-refractivity contribution in [2.45, 2.75) is 136 Å². The fourth-order valence-corrected chi connectivity index (χ4v) is 11.0. The van der Waals surface area contributed by atoms with Crippen molar-refractivity contribution < 1.29 is 23.8 Å². The van der Waals surface area contributed by atoms with Crippen molar-refractivity contribution in [3.05, 3.63) is 0 Å². The molecule has 4 aliphatic carbocycles. The molecule has 2 bridgehead atoms. The summed E-state index contributed by atoms with van der Waals surface area (Å²) in [5.41, 5.74) is -0.0422. The molecule has 0 radical (unpaired) electrons. The van der Waals surface area contributed by atoms with Crippen LogP contribution in [0.5, 0.6) is 0 Å². The second-order valence-corrected chi connectivity index (χ2v) is 14.8. The molecular weight excluding hydrogens is 488 g/mol. The van der Waals surface area contributed by atoms with Crippen LogP contribution in [0.15, 0.2) is 0 Å². The van der Waals surface area contributed by atoms with E-state index in [-0.39, 0.29) is 24.1 Å². The number of ether oxygens (including phenoxy) is 3. The van der Waals surface area contributed by atoms with Crippen molar-refractivity contribution in [2.75, 3.05) is 0 Å². The summed E-state index contributed by atoms with van der Waals surface area (Å²) in [6, 6.07) is 0. The van der Waals surface area contributed by atoms with Gasteiger partial charge in [-0.25, -0.2) is 0 Å². The SMILES string of the molecule is CC(=O)O[C@H]1CC[C@@]23[C@H](OC(C)=O)O[C@H](C[C@H]4[C@H]2CC[C@]2(C)[C@@H]([C@@H](C)CCCC(C)C)CC[C@@H]42)C3(Cl)C1. The zero-order valence-electron chi connectivity index (χ0n) is 23.9. The topological polar surface area (TPSA) is 61.8 Å². The van der Waals surface area contributed by atoms with Crippen LogP contribution >= 0.6 is 11.6 Å². The summed E-state index contributed by atoms with van der Waals surface area (Å²) >= 11 is 7.64. The van der Waals surface area contributed by atoms with Gasteiger partial charge in [-0.3, -0.25) is 9.59 Å². The lowest BCUT2D eigenvalue weighted by Gasteiger charge is -2.62. The highest BCUT2D eigenvalue weighted by atomic mass is 35.5. The molecule has 1 unspecified atom stereocenters. The van der Waals surface area contributed by atoms with E-state index in [1.165, 1.54) is 52.4 Å². The van der Waals surface area contributed by atoms with Gasteiger partial charge in [0, 0.05) is 20.3 Å². The minimum absolute atomic E-state index is 0.178. The predicted molar refractivity (Wildman–Crippen MR) is 144 cm³/mol. The van der Waals surface area contributed by atoms with Crippen molar-refractivity contribution in [2.24, 2.45) is 46.3 Å². The first-order valence-electron chi connectivity index (χ1n) is 15.1. The molecule has 11 atom stereocenters. The lowest BCUT2D eigenvalue weighted by Crippen LogP contribution is -2.65. The molecule has 1 saturated heterocycles. The van der Waals surface area contributed by atoms with E-state index < -0.39 is 16.6 Å². The Morgan fingerprint density at radius 3 is 2.38 bits per heavy atom. The molecule has 0 aromatic rings. The molecule has 210 valence electrons. The number of rotatable bonds is 7. The molecular formula is C31H49ClO5. The van der Waals surface area contributed by atoms with Gasteiger partial charge in [0.25, 0.3) is 0 Å². The number of esters is 2. The standard InChI is InChI=1S/C31H49ClO5/c1-18(2)8-7-9-19(3)24-10-11-25-23-16-27-31(32)17-22(35-20(4)33)12-15-30(31,28(37-27)36-21(5)34)26(23)13-14-29(24,25)6/h18-19,22-28H,7-17H2,1-6H3/t19-,22-,23+,24+,25-,26+,27+,28+,29+,30-,31?/m0/s1. The molecule has 37 heavy (non-hydrogen) atoms. The Morgan fingerprint density at radius 1 is 0.973 bits per heavy atom. The largest absolute Gasteiger partial charge is 0.462 e. The summed E-state index contributed by atoms with van der Waals surface area (Å²) in [7, 11) is 0. The zero-order valence-corrected chi connectivity index (χ0v) is 24.6. The number of carbonyl (C=O) groups is 2. The molecule has 0 N–H and O–H groups in total. The van der Waals surface area contributed by atoms with E-state index >= 15 is 0 Å². The Balaban J connectivity index is 1.41. The monoisotopic (exact) mass is 536 g/mol. The second kappa shape index (κ2) is 9.98. The highest BCUT2D eigenvalue weighted by Crippen LogP contribution is 2.74. The lowest BCUT2D eigenvalue weighted by atomic mass is 9.43. The van der Waals surface area contributed by atoms with Crippen LogP contribution in [0.2, 0.25) is 0 Å². The third-order valence-corrected chi connectivity index (χ3v) is 12.5. The molecule has 4 saturated carbocycles. The molecule has 5 rings (SSSR count). The quantitative estimate of drug-likeness (QED) is 0.253. The normalized spacial score (nSPS) is 47.1. The summed E-state index contributed by atoms with van der Waals surface area (Å²) < 4.78 is 18.2. The number of hydrogen-bond donors (Lipinski definition) is 0. The highest BCUT2D eigenvalue weighted by molar-refractivity contribution is 6.25. The van der Waals surface area contributed by atoms with Crippen LogP contribution in [0.25, 0.3) is 0 Å². The van der Waals surface area contributed by atoms with E-state index in [1.807, 2.05) is 0 Å². The van der Waals surface area contributed by atoms with Gasteiger partial charge in [-0.2, -0.15) is 0 Å². The number of alkyl halides is 1. The molecule has 1 heterocycles. The van der Waals surface area contributed by atoms with Gasteiger partial charge in [-0.15, -0.1) is 11.6 Å². The van der Waals surface area contributed by atoms with Crippen molar-refractivity contribution in [3.63, 3.8) is 0 Å². The number of carbonyl (C=O) groups excluding carboxylic acids is 2. The second-order valence-electron chi connectivity index (χ2n) is 14.1. The van der Waals surface area contributed by atoms with Crippen LogP contribution in [-0.2, 0) is 23.8 Å². The third kappa shape index (κ3) is 4.37. The van der Waals surface area contributed by atoms with Crippen LogP contribution in [0.3, 0.4) is 0 Å². The van der Waals surface area contributed by atoms with E-state index in [1.54, 1.807) is 0 Å². The molecule has 0 amide bonds. The van der Waals surface area contributed by atoms with E-state index in [4.69, 9.17) is 25.8 Å². The molecule has 0 aromatic carbocycles. The Hall–Kier alpha value is -0.810. The van der Waals surface area contributed by atoms with Crippen molar-refractivity contribution in [1.82, 2.24) is 0 Å². The van der Waals surface area contributed by atoms with Crippen LogP contribution in [-0.4, -0.2) is 35.3 Å². The Bertz CT molecular complexity index is 891. The van der Waals surface area contributed by atoms with E-state index in [9.17, 15) is 9.59 Å². The first kappa shape index (κ1) is 27.7. The summed E-state index contributed by atoms with van der Waals surface area (Å²) in [6.07, 6.45) is 11.0. The number of halogens is 1. The maximum Gasteiger partial charge on any atom is 0.304 e. The first-order chi connectivity index (χ1) is 17.4. The first-order valence-corrected chi connectivity index (χ1v) is 15.5. The molecule has 5 fully saturated rings. The molecule has 0 spiro atoms. The molecule has 1 aliphatic heterocycles. The van der Waals surface area contributed by atoms with Gasteiger partial charge < -0.3 is 14.2 Å². The maximum atomic E-state index is 12.2. The average molecular weight is 537 g/mol. The van der Waals surface area contributed by atoms with Crippen molar-refractivity contribution >= 4 is 23.5 Å². The lowest BCUT2D eigenvalue weighted by molar-refractivity contribution is -0.203. The summed E-state index contributed by atoms with van der Waals surface area (Å²) in [5, 5.41) is 0. The van der Waals surface area contributed by atoms with Crippen LogP contribution in [0.1, 0.15) is 112 Å². The van der Waals surface area contributed by atoms with Gasteiger partial charge in [0.1, 0.15) is 6.10 Å². The molecule has 5 nitrogen and oxygen atoms in total. The predicted octanol–water partition coefficient (Wildman–Crippen LogP) is 7.28. The maximum absolute atomic E-state index is 12.2. The van der Waals surface area contributed by atoms with Gasteiger partial charge in [-0.05, 0) is 85.9 Å². The molecule has 6 heteroatoms. The molecule has 5 aliphatic rings. The van der Waals surface area contributed by atoms with Gasteiger partial charge in [0.05, 0.1) is 16.4 Å². The number of fused-ring (bicyclic) bond motifs is 3. The fourth-order valence-electron chi connectivity index (χ4n) is 10.4. The van der Waals surface area contributed by atoms with Crippen LogP contribution in [0.4, 0.5) is 0 Å². The summed E-state index contributed by atoms with van der Waals surface area (Å²) in [5.74, 6) is 3.37. The van der Waals surface area contributed by atoms with Gasteiger partial charge >= 0.3 is 11.9 Å². The third-order valence-electron chi connectivity index (χ3n) is 11.8. The minimum Gasteiger partial charge on any atom is -0.462 e. The minimum atomic E-state index is -0.664.